The first-order chi connectivity index (χ1) is 14.2. The van der Waals surface area contributed by atoms with Gasteiger partial charge < -0.3 is 15.0 Å². The molecule has 0 saturated carbocycles. The lowest BCUT2D eigenvalue weighted by Gasteiger charge is -2.22. The van der Waals surface area contributed by atoms with Gasteiger partial charge >= 0.3 is 0 Å². The van der Waals surface area contributed by atoms with Crippen LogP contribution < -0.4 is 10.9 Å². The first-order valence-electron chi connectivity index (χ1n) is 10.9. The van der Waals surface area contributed by atoms with Crippen LogP contribution in [-0.4, -0.2) is 22.2 Å². The number of rotatable bonds is 7. The van der Waals surface area contributed by atoms with Crippen molar-refractivity contribution in [3.63, 3.8) is 0 Å². The molecule has 1 atom stereocenters. The van der Waals surface area contributed by atoms with Crippen molar-refractivity contribution in [2.45, 2.75) is 70.9 Å². The molecule has 0 aliphatic heterocycles. The van der Waals surface area contributed by atoms with E-state index >= 15 is 0 Å². The lowest BCUT2D eigenvalue weighted by atomic mass is 9.95. The standard InChI is InChI=1S/C24H32N2O3/c1-2-3-15-26-22-14-10-5-4-7-13-19(22)16-20(24(26)29)23(28)25-21(17-27)18-11-8-6-9-12-18/h6,8-9,11-12,16,21,27H,2-5,7,10,13-15,17H2,1H3,(H,25,28)/t21-/m1/s1. The quantitative estimate of drug-likeness (QED) is 0.748. The molecule has 156 valence electrons. The summed E-state index contributed by atoms with van der Waals surface area (Å²) in [5.41, 5.74) is 3.04. The van der Waals surface area contributed by atoms with Gasteiger partial charge in [0.25, 0.3) is 11.5 Å². The number of nitrogens with one attached hydrogen (secondary N) is 1. The summed E-state index contributed by atoms with van der Waals surface area (Å²) in [6.07, 6.45) is 8.28. The average molecular weight is 397 g/mol. The molecule has 5 nitrogen and oxygen atoms in total. The van der Waals surface area contributed by atoms with E-state index in [1.807, 2.05) is 34.9 Å². The number of amides is 1. The van der Waals surface area contributed by atoms with Crippen LogP contribution in [0.3, 0.4) is 0 Å². The van der Waals surface area contributed by atoms with E-state index in [1.54, 1.807) is 6.07 Å². The molecule has 2 N–H and O–H groups in total. The number of hydrogen-bond donors (Lipinski definition) is 2. The maximum atomic E-state index is 13.2. The fourth-order valence-corrected chi connectivity index (χ4v) is 4.11. The Hall–Kier alpha value is -2.40. The fourth-order valence-electron chi connectivity index (χ4n) is 4.11. The van der Waals surface area contributed by atoms with Crippen LogP contribution in [0.1, 0.15) is 78.7 Å². The van der Waals surface area contributed by atoms with Crippen LogP contribution in [0.25, 0.3) is 0 Å². The number of aliphatic hydroxyl groups excluding tert-OH is 1. The fraction of sp³-hybridized carbons (Fsp3) is 0.500. The second kappa shape index (κ2) is 10.4. The molecule has 0 saturated heterocycles. The minimum atomic E-state index is -0.533. The van der Waals surface area contributed by atoms with E-state index in [4.69, 9.17) is 0 Å². The molecule has 0 unspecified atom stereocenters. The normalized spacial score (nSPS) is 15.1. The highest BCUT2D eigenvalue weighted by Crippen LogP contribution is 2.21. The molecule has 0 bridgehead atoms. The van der Waals surface area contributed by atoms with Gasteiger partial charge in [-0.15, -0.1) is 0 Å². The van der Waals surface area contributed by atoms with Gasteiger partial charge in [-0.05, 0) is 49.3 Å². The number of hydrogen-bond acceptors (Lipinski definition) is 3. The molecule has 1 heterocycles. The molecule has 0 spiro atoms. The highest BCUT2D eigenvalue weighted by Gasteiger charge is 2.22. The van der Waals surface area contributed by atoms with Crippen LogP contribution in [0.4, 0.5) is 0 Å². The zero-order valence-corrected chi connectivity index (χ0v) is 17.3. The van der Waals surface area contributed by atoms with E-state index in [0.29, 0.717) is 6.54 Å². The average Bonchev–Trinajstić information content (AvgIpc) is 2.72. The molecule has 1 amide bonds. The zero-order chi connectivity index (χ0) is 20.6. The zero-order valence-electron chi connectivity index (χ0n) is 17.3. The lowest BCUT2D eigenvalue weighted by Crippen LogP contribution is -2.38. The van der Waals surface area contributed by atoms with E-state index in [-0.39, 0.29) is 17.7 Å². The molecule has 5 heteroatoms. The van der Waals surface area contributed by atoms with Crippen molar-refractivity contribution < 1.29 is 9.90 Å². The van der Waals surface area contributed by atoms with E-state index in [0.717, 1.165) is 55.3 Å². The third-order valence-electron chi connectivity index (χ3n) is 5.77. The first-order valence-corrected chi connectivity index (χ1v) is 10.9. The Morgan fingerprint density at radius 3 is 2.55 bits per heavy atom. The Morgan fingerprint density at radius 2 is 1.86 bits per heavy atom. The Bertz CT molecular complexity index is 874. The highest BCUT2D eigenvalue weighted by molar-refractivity contribution is 5.94. The van der Waals surface area contributed by atoms with Crippen LogP contribution in [0, 0.1) is 0 Å². The predicted octanol–water partition coefficient (Wildman–Crippen LogP) is 3.77. The molecule has 3 rings (SSSR count). The molecule has 1 aliphatic carbocycles. The Labute approximate surface area is 172 Å². The van der Waals surface area contributed by atoms with Gasteiger partial charge in [0.1, 0.15) is 5.56 Å². The third kappa shape index (κ3) is 5.15. The molecule has 2 aromatic rings. The van der Waals surface area contributed by atoms with Gasteiger partial charge in [0, 0.05) is 12.2 Å². The van der Waals surface area contributed by atoms with Crippen molar-refractivity contribution in [1.82, 2.24) is 9.88 Å². The number of fused-ring (bicyclic) bond motifs is 1. The van der Waals surface area contributed by atoms with Crippen molar-refractivity contribution in [1.29, 1.82) is 0 Å². The van der Waals surface area contributed by atoms with Gasteiger partial charge in [0.05, 0.1) is 12.6 Å². The van der Waals surface area contributed by atoms with Crippen LogP contribution in [-0.2, 0) is 19.4 Å². The molecule has 0 radical (unpaired) electrons. The second-order valence-electron chi connectivity index (χ2n) is 7.87. The smallest absolute Gasteiger partial charge is 0.263 e. The number of unbranched alkanes of at least 4 members (excludes halogenated alkanes) is 1. The maximum absolute atomic E-state index is 13.2. The molecular formula is C24H32N2O3. The molecule has 1 aliphatic rings. The van der Waals surface area contributed by atoms with Gasteiger partial charge in [0.2, 0.25) is 0 Å². The predicted molar refractivity (Wildman–Crippen MR) is 115 cm³/mol. The number of carbonyl (C=O) groups excluding carboxylic acids is 1. The van der Waals surface area contributed by atoms with Gasteiger partial charge in [0.15, 0.2) is 0 Å². The van der Waals surface area contributed by atoms with E-state index in [9.17, 15) is 14.7 Å². The summed E-state index contributed by atoms with van der Waals surface area (Å²) in [7, 11) is 0. The first kappa shape index (κ1) is 21.3. The topological polar surface area (TPSA) is 71.3 Å². The number of aromatic nitrogens is 1. The second-order valence-corrected chi connectivity index (χ2v) is 7.87. The van der Waals surface area contributed by atoms with Gasteiger partial charge in [-0.25, -0.2) is 0 Å². The lowest BCUT2D eigenvalue weighted by molar-refractivity contribution is 0.0913. The molecule has 0 fully saturated rings. The summed E-state index contributed by atoms with van der Waals surface area (Å²) in [4.78, 5) is 26.3. The van der Waals surface area contributed by atoms with Crippen molar-refractivity contribution in [3.8, 4) is 0 Å². The molecular weight excluding hydrogens is 364 g/mol. The van der Waals surface area contributed by atoms with Crippen molar-refractivity contribution in [2.24, 2.45) is 0 Å². The number of pyridine rings is 1. The molecule has 1 aromatic carbocycles. The minimum absolute atomic E-state index is 0.190. The minimum Gasteiger partial charge on any atom is -0.394 e. The summed E-state index contributed by atoms with van der Waals surface area (Å²) in [5.74, 6) is -0.409. The van der Waals surface area contributed by atoms with Crippen LogP contribution in [0.5, 0.6) is 0 Å². The third-order valence-corrected chi connectivity index (χ3v) is 5.77. The number of nitrogens with zero attached hydrogens (tertiary/aromatic N) is 1. The Kier molecular flexibility index (Phi) is 7.64. The number of benzene rings is 1. The summed E-state index contributed by atoms with van der Waals surface area (Å²) in [5, 5.41) is 12.6. The summed E-state index contributed by atoms with van der Waals surface area (Å²) < 4.78 is 1.84. The maximum Gasteiger partial charge on any atom is 0.263 e. The van der Waals surface area contributed by atoms with E-state index in [2.05, 4.69) is 12.2 Å². The van der Waals surface area contributed by atoms with Crippen LogP contribution in [0.2, 0.25) is 0 Å². The number of carbonyl (C=O) groups is 1. The number of aryl methyl sites for hydroxylation is 1. The van der Waals surface area contributed by atoms with E-state index < -0.39 is 11.9 Å². The summed E-state index contributed by atoms with van der Waals surface area (Å²) in [6.45, 7) is 2.54. The Balaban J connectivity index is 1.96. The SMILES string of the molecule is CCCCn1c2c(cc(C(=O)N[C@H](CO)c3ccccc3)c1=O)CCCCCC2. The van der Waals surface area contributed by atoms with Gasteiger partial charge in [-0.3, -0.25) is 9.59 Å². The van der Waals surface area contributed by atoms with Crippen LogP contribution >= 0.6 is 0 Å². The van der Waals surface area contributed by atoms with Crippen molar-refractivity contribution in [2.75, 3.05) is 6.61 Å². The highest BCUT2D eigenvalue weighted by atomic mass is 16.3. The largest absolute Gasteiger partial charge is 0.394 e. The van der Waals surface area contributed by atoms with Crippen molar-refractivity contribution >= 4 is 5.91 Å². The van der Waals surface area contributed by atoms with Gasteiger partial charge in [-0.2, -0.15) is 0 Å². The molecule has 1 aromatic heterocycles. The van der Waals surface area contributed by atoms with Crippen LogP contribution in [0.15, 0.2) is 41.2 Å². The van der Waals surface area contributed by atoms with E-state index in [1.165, 1.54) is 12.8 Å². The Morgan fingerprint density at radius 1 is 1.14 bits per heavy atom. The summed E-state index contributed by atoms with van der Waals surface area (Å²) >= 11 is 0. The number of aliphatic hydroxyl groups is 1. The van der Waals surface area contributed by atoms with Gasteiger partial charge in [-0.1, -0.05) is 56.5 Å². The summed E-state index contributed by atoms with van der Waals surface area (Å²) in [6, 6.07) is 10.6. The van der Waals surface area contributed by atoms with Crippen molar-refractivity contribution in [3.05, 3.63) is 69.1 Å². The molecule has 29 heavy (non-hydrogen) atoms. The monoisotopic (exact) mass is 396 g/mol.